The zero-order valence-electron chi connectivity index (χ0n) is 18.4. The molecule has 0 bridgehead atoms. The lowest BCUT2D eigenvalue weighted by molar-refractivity contribution is 0.0988. The van der Waals surface area contributed by atoms with Crippen molar-refractivity contribution in [3.05, 3.63) is 76.0 Å². The quantitative estimate of drug-likeness (QED) is 0.214. The van der Waals surface area contributed by atoms with Crippen LogP contribution in [-0.4, -0.2) is 38.4 Å². The molecule has 0 unspecified atom stereocenters. The number of halogens is 2. The van der Waals surface area contributed by atoms with Crippen molar-refractivity contribution in [1.29, 1.82) is 0 Å². The summed E-state index contributed by atoms with van der Waals surface area (Å²) in [5, 5.41) is 5.93. The molecule has 0 N–H and O–H groups in total. The predicted octanol–water partition coefficient (Wildman–Crippen LogP) is 5.90. The second-order valence-corrected chi connectivity index (χ2v) is 8.86. The van der Waals surface area contributed by atoms with Crippen LogP contribution in [0, 0.1) is 5.82 Å². The van der Waals surface area contributed by atoms with Gasteiger partial charge in [0.15, 0.2) is 11.5 Å². The van der Waals surface area contributed by atoms with Gasteiger partial charge in [-0.25, -0.2) is 9.37 Å². The Bertz CT molecular complexity index is 1370. The largest absolute Gasteiger partial charge is 0.493 e. The number of nitrogens with zero attached hydrogens (tertiary/aromatic N) is 3. The molecule has 0 saturated heterocycles. The zero-order valence-corrected chi connectivity index (χ0v) is 20.8. The van der Waals surface area contributed by atoms with Gasteiger partial charge in [-0.2, -0.15) is 10.1 Å². The molecule has 0 aliphatic carbocycles. The maximum Gasteiger partial charge on any atom is 0.280 e. The SMILES string of the molecule is COc1cc(/C=N/N(C(=O)c2cccc(Br)c2)c2nc3ccc(F)cc3s2)cc(OC)c1OC. The van der Waals surface area contributed by atoms with E-state index in [1.54, 1.807) is 36.4 Å². The Hall–Kier alpha value is -3.50. The van der Waals surface area contributed by atoms with Crippen molar-refractivity contribution in [1.82, 2.24) is 4.98 Å². The molecule has 0 saturated carbocycles. The van der Waals surface area contributed by atoms with Gasteiger partial charge in [0.1, 0.15) is 5.82 Å². The first-order valence-electron chi connectivity index (χ1n) is 9.93. The molecule has 1 amide bonds. The molecule has 1 heterocycles. The smallest absolute Gasteiger partial charge is 0.280 e. The number of anilines is 1. The van der Waals surface area contributed by atoms with E-state index < -0.39 is 5.91 Å². The molecule has 0 aliphatic rings. The van der Waals surface area contributed by atoms with Crippen LogP contribution in [0.5, 0.6) is 17.2 Å². The van der Waals surface area contributed by atoms with Gasteiger partial charge in [-0.3, -0.25) is 4.79 Å². The fraction of sp³-hybridized carbons (Fsp3) is 0.125. The molecular weight excluding hydrogens is 525 g/mol. The number of hydrazone groups is 1. The lowest BCUT2D eigenvalue weighted by Crippen LogP contribution is -2.25. The number of ether oxygens (including phenoxy) is 3. The van der Waals surface area contributed by atoms with Crippen LogP contribution in [0.3, 0.4) is 0 Å². The summed E-state index contributed by atoms with van der Waals surface area (Å²) in [5.74, 6) is 0.558. The van der Waals surface area contributed by atoms with E-state index in [0.717, 1.165) is 15.8 Å². The molecule has 4 aromatic rings. The average Bonchev–Trinajstić information content (AvgIpc) is 3.26. The Morgan fingerprint density at radius 1 is 1.06 bits per heavy atom. The van der Waals surface area contributed by atoms with Crippen LogP contribution in [-0.2, 0) is 0 Å². The van der Waals surface area contributed by atoms with Crippen LogP contribution in [0.4, 0.5) is 9.52 Å². The number of methoxy groups -OCH3 is 3. The highest BCUT2D eigenvalue weighted by molar-refractivity contribution is 9.10. The van der Waals surface area contributed by atoms with Gasteiger partial charge in [-0.1, -0.05) is 33.3 Å². The summed E-state index contributed by atoms with van der Waals surface area (Å²) in [6.45, 7) is 0. The third-order valence-corrected chi connectivity index (χ3v) is 6.28. The van der Waals surface area contributed by atoms with Crippen LogP contribution in [0.1, 0.15) is 15.9 Å². The molecule has 174 valence electrons. The van der Waals surface area contributed by atoms with Crippen LogP contribution >= 0.6 is 27.3 Å². The maximum absolute atomic E-state index is 13.7. The first-order valence-corrected chi connectivity index (χ1v) is 11.5. The fourth-order valence-corrected chi connectivity index (χ4v) is 4.56. The highest BCUT2D eigenvalue weighted by atomic mass is 79.9. The second-order valence-electron chi connectivity index (χ2n) is 6.94. The minimum Gasteiger partial charge on any atom is -0.493 e. The topological polar surface area (TPSA) is 73.2 Å². The summed E-state index contributed by atoms with van der Waals surface area (Å²) in [5.41, 5.74) is 1.58. The van der Waals surface area contributed by atoms with Crippen LogP contribution in [0.2, 0.25) is 0 Å². The van der Waals surface area contributed by atoms with Crippen molar-refractivity contribution in [3.63, 3.8) is 0 Å². The number of aromatic nitrogens is 1. The number of benzene rings is 3. The Balaban J connectivity index is 1.79. The van der Waals surface area contributed by atoms with Crippen molar-refractivity contribution >= 4 is 54.7 Å². The first-order chi connectivity index (χ1) is 16.4. The molecule has 10 heteroatoms. The van der Waals surface area contributed by atoms with Crippen molar-refractivity contribution in [2.24, 2.45) is 5.10 Å². The first kappa shape index (κ1) is 23.7. The molecule has 7 nitrogen and oxygen atoms in total. The van der Waals surface area contributed by atoms with Crippen LogP contribution in [0.15, 0.2) is 64.2 Å². The third kappa shape index (κ3) is 4.87. The van der Waals surface area contributed by atoms with Gasteiger partial charge < -0.3 is 14.2 Å². The number of carbonyl (C=O) groups is 1. The molecule has 0 spiro atoms. The van der Waals surface area contributed by atoms with Crippen LogP contribution < -0.4 is 19.2 Å². The monoisotopic (exact) mass is 543 g/mol. The van der Waals surface area contributed by atoms with Crippen molar-refractivity contribution in [3.8, 4) is 17.2 Å². The van der Waals surface area contributed by atoms with E-state index in [9.17, 15) is 9.18 Å². The van der Waals surface area contributed by atoms with Crippen molar-refractivity contribution < 1.29 is 23.4 Å². The Morgan fingerprint density at radius 3 is 2.44 bits per heavy atom. The van der Waals surface area contributed by atoms with E-state index in [2.05, 4.69) is 26.0 Å². The average molecular weight is 544 g/mol. The van der Waals surface area contributed by atoms with Gasteiger partial charge in [-0.05, 0) is 48.5 Å². The number of rotatable bonds is 7. The van der Waals surface area contributed by atoms with Gasteiger partial charge in [0.05, 0.1) is 37.8 Å². The second kappa shape index (κ2) is 10.2. The minimum absolute atomic E-state index is 0.300. The Labute approximate surface area is 207 Å². The molecule has 4 rings (SSSR count). The summed E-state index contributed by atoms with van der Waals surface area (Å²) in [7, 11) is 4.55. The lowest BCUT2D eigenvalue weighted by Gasteiger charge is -2.15. The van der Waals surface area contributed by atoms with Gasteiger partial charge >= 0.3 is 0 Å². The molecule has 1 aromatic heterocycles. The number of amides is 1. The standard InChI is InChI=1S/C24H19BrFN3O4S/c1-31-19-9-14(10-20(32-2)22(19)33-3)13-27-29(23(30)15-5-4-6-16(25)11-15)24-28-18-8-7-17(26)12-21(18)34-24/h4-13H,1-3H3/b27-13+. The number of thiazole rings is 1. The van der Waals surface area contributed by atoms with E-state index in [0.29, 0.717) is 43.7 Å². The summed E-state index contributed by atoms with van der Waals surface area (Å²) in [4.78, 5) is 17.9. The van der Waals surface area contributed by atoms with Gasteiger partial charge in [-0.15, -0.1) is 0 Å². The Kier molecular flexibility index (Phi) is 7.09. The lowest BCUT2D eigenvalue weighted by atomic mass is 10.2. The molecule has 0 radical (unpaired) electrons. The molecular formula is C24H19BrFN3O4S. The van der Waals surface area contributed by atoms with E-state index in [4.69, 9.17) is 14.2 Å². The normalized spacial score (nSPS) is 11.1. The van der Waals surface area contributed by atoms with E-state index in [1.807, 2.05) is 6.07 Å². The van der Waals surface area contributed by atoms with Crippen molar-refractivity contribution in [2.75, 3.05) is 26.3 Å². The highest BCUT2D eigenvalue weighted by Gasteiger charge is 2.22. The zero-order chi connectivity index (χ0) is 24.2. The molecule has 0 atom stereocenters. The third-order valence-electron chi connectivity index (χ3n) is 4.79. The maximum atomic E-state index is 13.7. The molecule has 0 fully saturated rings. The summed E-state index contributed by atoms with van der Waals surface area (Å²) >= 11 is 4.55. The van der Waals surface area contributed by atoms with Gasteiger partial charge in [0.2, 0.25) is 10.9 Å². The number of hydrogen-bond acceptors (Lipinski definition) is 7. The predicted molar refractivity (Wildman–Crippen MR) is 134 cm³/mol. The van der Waals surface area contributed by atoms with E-state index >= 15 is 0 Å². The number of hydrogen-bond donors (Lipinski definition) is 0. The number of carbonyl (C=O) groups excluding carboxylic acids is 1. The van der Waals surface area contributed by atoms with Crippen molar-refractivity contribution in [2.45, 2.75) is 0 Å². The molecule has 0 aliphatic heterocycles. The fourth-order valence-electron chi connectivity index (χ4n) is 3.21. The highest BCUT2D eigenvalue weighted by Crippen LogP contribution is 2.38. The van der Waals surface area contributed by atoms with Gasteiger partial charge in [0.25, 0.3) is 5.91 Å². The Morgan fingerprint density at radius 2 is 1.79 bits per heavy atom. The number of fused-ring (bicyclic) bond motifs is 1. The molecule has 3 aromatic carbocycles. The summed E-state index contributed by atoms with van der Waals surface area (Å²) in [6, 6.07) is 14.6. The van der Waals surface area contributed by atoms with E-state index in [1.165, 1.54) is 44.7 Å². The van der Waals surface area contributed by atoms with Crippen LogP contribution in [0.25, 0.3) is 10.2 Å². The molecule has 34 heavy (non-hydrogen) atoms. The summed E-state index contributed by atoms with van der Waals surface area (Å²) in [6.07, 6.45) is 1.49. The van der Waals surface area contributed by atoms with E-state index in [-0.39, 0.29) is 5.82 Å². The van der Waals surface area contributed by atoms with Gasteiger partial charge in [0, 0.05) is 15.6 Å². The summed E-state index contributed by atoms with van der Waals surface area (Å²) < 4.78 is 31.2. The minimum atomic E-state index is -0.399.